The number of thioether (sulfide) groups is 1. The quantitative estimate of drug-likeness (QED) is 0.844. The van der Waals surface area contributed by atoms with Gasteiger partial charge in [0, 0.05) is 11.4 Å². The molecule has 1 N–H and O–H groups in total. The van der Waals surface area contributed by atoms with Gasteiger partial charge in [0.05, 0.1) is 5.75 Å². The predicted octanol–water partition coefficient (Wildman–Crippen LogP) is 1.85. The maximum atomic E-state index is 12.0. The SMILES string of the molecule is O=C(O)C1CCCN1C(=O)CSc1ccccc1. The fourth-order valence-electron chi connectivity index (χ4n) is 2.07. The van der Waals surface area contributed by atoms with Crippen LogP contribution in [0.1, 0.15) is 12.8 Å². The minimum absolute atomic E-state index is 0.0891. The Labute approximate surface area is 110 Å². The second kappa shape index (κ2) is 5.91. The molecule has 1 aliphatic heterocycles. The molecule has 1 unspecified atom stereocenters. The largest absolute Gasteiger partial charge is 0.480 e. The fourth-order valence-corrected chi connectivity index (χ4v) is 2.87. The summed E-state index contributed by atoms with van der Waals surface area (Å²) in [5, 5.41) is 9.02. The van der Waals surface area contributed by atoms with E-state index >= 15 is 0 Å². The second-order valence-corrected chi connectivity index (χ2v) is 5.23. The van der Waals surface area contributed by atoms with Crippen LogP contribution in [0.2, 0.25) is 0 Å². The molecule has 1 aliphatic rings. The highest BCUT2D eigenvalue weighted by Crippen LogP contribution is 2.22. The summed E-state index contributed by atoms with van der Waals surface area (Å²) in [5.41, 5.74) is 0. The van der Waals surface area contributed by atoms with Crippen molar-refractivity contribution in [3.63, 3.8) is 0 Å². The summed E-state index contributed by atoms with van der Waals surface area (Å²) in [7, 11) is 0. The van der Waals surface area contributed by atoms with Crippen LogP contribution in [-0.2, 0) is 9.59 Å². The molecule has 0 aromatic heterocycles. The zero-order chi connectivity index (χ0) is 13.0. The monoisotopic (exact) mass is 265 g/mol. The van der Waals surface area contributed by atoms with Crippen LogP contribution >= 0.6 is 11.8 Å². The highest BCUT2D eigenvalue weighted by atomic mass is 32.2. The Morgan fingerprint density at radius 2 is 2.06 bits per heavy atom. The van der Waals surface area contributed by atoms with Gasteiger partial charge in [-0.25, -0.2) is 4.79 Å². The molecule has 18 heavy (non-hydrogen) atoms. The van der Waals surface area contributed by atoms with E-state index in [1.54, 1.807) is 0 Å². The maximum Gasteiger partial charge on any atom is 0.326 e. The normalized spacial score (nSPS) is 18.9. The van der Waals surface area contributed by atoms with Crippen molar-refractivity contribution in [1.82, 2.24) is 4.90 Å². The van der Waals surface area contributed by atoms with Crippen LogP contribution in [0.15, 0.2) is 35.2 Å². The molecule has 4 nitrogen and oxygen atoms in total. The van der Waals surface area contributed by atoms with E-state index in [-0.39, 0.29) is 5.91 Å². The molecule has 1 amide bonds. The number of nitrogens with zero attached hydrogens (tertiary/aromatic N) is 1. The number of rotatable bonds is 4. The third-order valence-electron chi connectivity index (χ3n) is 2.96. The van der Waals surface area contributed by atoms with Gasteiger partial charge in [0.25, 0.3) is 0 Å². The molecule has 1 heterocycles. The molecule has 1 atom stereocenters. The minimum Gasteiger partial charge on any atom is -0.480 e. The van der Waals surface area contributed by atoms with Crippen LogP contribution in [0.4, 0.5) is 0 Å². The molecule has 2 rings (SSSR count). The number of carboxylic acids is 1. The topological polar surface area (TPSA) is 57.6 Å². The second-order valence-electron chi connectivity index (χ2n) is 4.19. The minimum atomic E-state index is -0.898. The van der Waals surface area contributed by atoms with Crippen molar-refractivity contribution >= 4 is 23.6 Å². The lowest BCUT2D eigenvalue weighted by molar-refractivity contribution is -0.147. The summed E-state index contributed by atoms with van der Waals surface area (Å²) in [4.78, 5) is 25.5. The number of amides is 1. The van der Waals surface area contributed by atoms with Crippen molar-refractivity contribution in [2.45, 2.75) is 23.8 Å². The number of aliphatic carboxylic acids is 1. The third kappa shape index (κ3) is 3.04. The first-order valence-corrected chi connectivity index (χ1v) is 6.87. The van der Waals surface area contributed by atoms with Gasteiger partial charge in [-0.3, -0.25) is 4.79 Å². The van der Waals surface area contributed by atoms with E-state index < -0.39 is 12.0 Å². The third-order valence-corrected chi connectivity index (χ3v) is 3.96. The van der Waals surface area contributed by atoms with Crippen LogP contribution in [0.25, 0.3) is 0 Å². The highest BCUT2D eigenvalue weighted by molar-refractivity contribution is 8.00. The Kier molecular flexibility index (Phi) is 4.25. The Hall–Kier alpha value is -1.49. The molecule has 0 saturated carbocycles. The molecule has 1 fully saturated rings. The van der Waals surface area contributed by atoms with E-state index in [1.807, 2.05) is 30.3 Å². The van der Waals surface area contributed by atoms with Gasteiger partial charge in [0.2, 0.25) is 5.91 Å². The van der Waals surface area contributed by atoms with Crippen LogP contribution in [0.3, 0.4) is 0 Å². The van der Waals surface area contributed by atoms with Crippen molar-refractivity contribution < 1.29 is 14.7 Å². The molecule has 0 spiro atoms. The number of carbonyl (C=O) groups is 2. The van der Waals surface area contributed by atoms with E-state index in [4.69, 9.17) is 5.11 Å². The van der Waals surface area contributed by atoms with Gasteiger partial charge >= 0.3 is 5.97 Å². The van der Waals surface area contributed by atoms with E-state index in [0.29, 0.717) is 18.7 Å². The van der Waals surface area contributed by atoms with Gasteiger partial charge in [-0.05, 0) is 25.0 Å². The predicted molar refractivity (Wildman–Crippen MR) is 69.5 cm³/mol. The van der Waals surface area contributed by atoms with Crippen molar-refractivity contribution in [3.05, 3.63) is 30.3 Å². The summed E-state index contributed by atoms with van der Waals surface area (Å²) >= 11 is 1.44. The molecule has 96 valence electrons. The van der Waals surface area contributed by atoms with Crippen LogP contribution < -0.4 is 0 Å². The summed E-state index contributed by atoms with van der Waals surface area (Å²) in [6, 6.07) is 9.01. The first-order valence-electron chi connectivity index (χ1n) is 5.88. The van der Waals surface area contributed by atoms with Gasteiger partial charge in [-0.15, -0.1) is 11.8 Å². The van der Waals surface area contributed by atoms with E-state index in [1.165, 1.54) is 16.7 Å². The average Bonchev–Trinajstić information content (AvgIpc) is 2.86. The zero-order valence-corrected chi connectivity index (χ0v) is 10.7. The number of likely N-dealkylation sites (tertiary alicyclic amines) is 1. The highest BCUT2D eigenvalue weighted by Gasteiger charge is 2.33. The molecule has 0 aliphatic carbocycles. The van der Waals surface area contributed by atoms with Crippen LogP contribution in [0.5, 0.6) is 0 Å². The lowest BCUT2D eigenvalue weighted by atomic mass is 10.2. The average molecular weight is 265 g/mol. The molecular weight excluding hydrogens is 250 g/mol. The smallest absolute Gasteiger partial charge is 0.326 e. The van der Waals surface area contributed by atoms with Crippen molar-refractivity contribution in [3.8, 4) is 0 Å². The summed E-state index contributed by atoms with van der Waals surface area (Å²) in [5.74, 6) is -0.687. The Morgan fingerprint density at radius 3 is 2.72 bits per heavy atom. The Bertz CT molecular complexity index is 435. The van der Waals surface area contributed by atoms with Crippen LogP contribution in [0, 0.1) is 0 Å². The van der Waals surface area contributed by atoms with Crippen molar-refractivity contribution in [2.24, 2.45) is 0 Å². The van der Waals surface area contributed by atoms with E-state index in [0.717, 1.165) is 11.3 Å². The number of hydrogen-bond donors (Lipinski definition) is 1. The Morgan fingerprint density at radius 1 is 1.33 bits per heavy atom. The lowest BCUT2D eigenvalue weighted by Gasteiger charge is -2.21. The summed E-state index contributed by atoms with van der Waals surface area (Å²) in [6.45, 7) is 0.561. The molecule has 1 aromatic carbocycles. The van der Waals surface area contributed by atoms with Gasteiger partial charge < -0.3 is 10.0 Å². The van der Waals surface area contributed by atoms with Crippen LogP contribution in [-0.4, -0.2) is 40.2 Å². The first kappa shape index (κ1) is 13.0. The maximum absolute atomic E-state index is 12.0. The molecular formula is C13H15NO3S. The number of carboxylic acid groups (broad SMARTS) is 1. The van der Waals surface area contributed by atoms with Gasteiger partial charge in [-0.1, -0.05) is 18.2 Å². The van der Waals surface area contributed by atoms with Gasteiger partial charge in [-0.2, -0.15) is 0 Å². The van der Waals surface area contributed by atoms with E-state index in [2.05, 4.69) is 0 Å². The molecule has 1 saturated heterocycles. The summed E-state index contributed by atoms with van der Waals surface area (Å²) in [6.07, 6.45) is 1.34. The number of hydrogen-bond acceptors (Lipinski definition) is 3. The molecule has 0 radical (unpaired) electrons. The van der Waals surface area contributed by atoms with Gasteiger partial charge in [0.15, 0.2) is 0 Å². The van der Waals surface area contributed by atoms with Crippen molar-refractivity contribution in [2.75, 3.05) is 12.3 Å². The Balaban J connectivity index is 1.90. The van der Waals surface area contributed by atoms with E-state index in [9.17, 15) is 9.59 Å². The van der Waals surface area contributed by atoms with Gasteiger partial charge in [0.1, 0.15) is 6.04 Å². The fraction of sp³-hybridized carbons (Fsp3) is 0.385. The summed E-state index contributed by atoms with van der Waals surface area (Å²) < 4.78 is 0. The standard InChI is InChI=1S/C13H15NO3S/c15-12(9-18-10-5-2-1-3-6-10)14-8-4-7-11(14)13(16)17/h1-3,5-6,11H,4,7-9H2,(H,16,17). The first-order chi connectivity index (χ1) is 8.68. The molecule has 0 bridgehead atoms. The number of carbonyl (C=O) groups excluding carboxylic acids is 1. The molecule has 5 heteroatoms. The number of benzene rings is 1. The van der Waals surface area contributed by atoms with Crippen molar-refractivity contribution in [1.29, 1.82) is 0 Å². The zero-order valence-electron chi connectivity index (χ0n) is 9.91. The molecule has 1 aromatic rings. The lowest BCUT2D eigenvalue weighted by Crippen LogP contribution is -2.41.